The first kappa shape index (κ1) is 24.9. The molecule has 0 unspecified atom stereocenters. The molecule has 1 fully saturated rings. The number of aromatic nitrogens is 3. The lowest BCUT2D eigenvalue weighted by molar-refractivity contribution is 0.141. The number of fused-ring (bicyclic) bond motifs is 2. The summed E-state index contributed by atoms with van der Waals surface area (Å²) in [5.41, 5.74) is 8.55. The first-order valence-corrected chi connectivity index (χ1v) is 13.8. The Kier molecular flexibility index (Phi) is 7.54. The molecule has 3 heterocycles. The molecule has 38 heavy (non-hydrogen) atoms. The minimum absolute atomic E-state index is 0.586. The highest BCUT2D eigenvalue weighted by atomic mass is 16.5. The lowest BCUT2D eigenvalue weighted by Gasteiger charge is -2.23. The summed E-state index contributed by atoms with van der Waals surface area (Å²) in [6.07, 6.45) is 8.74. The molecule has 0 bridgehead atoms. The first-order chi connectivity index (χ1) is 18.8. The predicted molar refractivity (Wildman–Crippen MR) is 155 cm³/mol. The Bertz CT molecular complexity index is 1490. The van der Waals surface area contributed by atoms with Gasteiger partial charge in [0.15, 0.2) is 0 Å². The normalized spacial score (nSPS) is 16.2. The third kappa shape index (κ3) is 5.39. The molecule has 0 radical (unpaired) electrons. The molecule has 0 saturated carbocycles. The van der Waals surface area contributed by atoms with Crippen LogP contribution < -0.4 is 5.32 Å². The topological polar surface area (TPSA) is 58.1 Å². The number of nitrogens with one attached hydrogen (secondary N) is 2. The molecule has 1 aliphatic rings. The van der Waals surface area contributed by atoms with E-state index in [0.717, 1.165) is 55.8 Å². The van der Waals surface area contributed by atoms with Crippen molar-refractivity contribution in [3.63, 3.8) is 0 Å². The van der Waals surface area contributed by atoms with Crippen molar-refractivity contribution in [2.45, 2.75) is 38.3 Å². The van der Waals surface area contributed by atoms with E-state index >= 15 is 0 Å². The fraction of sp³-hybridized carbons (Fsp3) is 0.344. The Labute approximate surface area is 224 Å². The van der Waals surface area contributed by atoms with Crippen LogP contribution in [0.25, 0.3) is 27.6 Å². The second-order valence-electron chi connectivity index (χ2n) is 10.4. The zero-order chi connectivity index (χ0) is 25.7. The molecule has 0 amide bonds. The quantitative estimate of drug-likeness (QED) is 0.232. The van der Waals surface area contributed by atoms with E-state index in [-0.39, 0.29) is 0 Å². The van der Waals surface area contributed by atoms with Gasteiger partial charge in [-0.3, -0.25) is 9.47 Å². The van der Waals surface area contributed by atoms with E-state index in [1.807, 2.05) is 6.33 Å². The van der Waals surface area contributed by atoms with Crippen molar-refractivity contribution >= 4 is 21.9 Å². The molecule has 1 aliphatic heterocycles. The molecule has 6 heteroatoms. The lowest BCUT2D eigenvalue weighted by atomic mass is 10.0. The predicted octanol–water partition coefficient (Wildman–Crippen LogP) is 5.49. The highest BCUT2D eigenvalue weighted by Crippen LogP contribution is 2.28. The third-order valence-electron chi connectivity index (χ3n) is 7.94. The van der Waals surface area contributed by atoms with Gasteiger partial charge >= 0.3 is 0 Å². The summed E-state index contributed by atoms with van der Waals surface area (Å²) < 4.78 is 7.55. The van der Waals surface area contributed by atoms with Crippen molar-refractivity contribution in [3.8, 4) is 5.69 Å². The molecule has 1 saturated heterocycles. The number of methoxy groups -OCH3 is 1. The van der Waals surface area contributed by atoms with Gasteiger partial charge in [0.2, 0.25) is 0 Å². The van der Waals surface area contributed by atoms with Crippen LogP contribution in [0.5, 0.6) is 0 Å². The molecule has 6 nitrogen and oxygen atoms in total. The van der Waals surface area contributed by atoms with Crippen molar-refractivity contribution in [3.05, 3.63) is 95.9 Å². The monoisotopic (exact) mass is 507 g/mol. The van der Waals surface area contributed by atoms with Gasteiger partial charge in [-0.25, -0.2) is 4.98 Å². The number of ether oxygens (including phenoxy) is 1. The molecular formula is C32H37N5O. The molecule has 2 aromatic heterocycles. The van der Waals surface area contributed by atoms with Crippen LogP contribution in [0.1, 0.15) is 29.5 Å². The number of likely N-dealkylation sites (tertiary alicyclic amines) is 1. The van der Waals surface area contributed by atoms with E-state index in [1.165, 1.54) is 47.0 Å². The number of nitrogens with zero attached hydrogens (tertiary/aromatic N) is 3. The molecule has 0 spiro atoms. The number of hydrogen-bond acceptors (Lipinski definition) is 4. The molecule has 3 aromatic carbocycles. The van der Waals surface area contributed by atoms with Crippen molar-refractivity contribution < 1.29 is 4.74 Å². The highest BCUT2D eigenvalue weighted by Gasteiger charge is 2.25. The van der Waals surface area contributed by atoms with Gasteiger partial charge in [-0.1, -0.05) is 36.4 Å². The first-order valence-electron chi connectivity index (χ1n) is 13.8. The maximum atomic E-state index is 5.34. The van der Waals surface area contributed by atoms with Crippen LogP contribution in [0.3, 0.4) is 0 Å². The summed E-state index contributed by atoms with van der Waals surface area (Å²) in [7, 11) is 1.79. The smallest absolute Gasteiger partial charge is 0.100 e. The minimum atomic E-state index is 0.586. The minimum Gasteiger partial charge on any atom is -0.383 e. The van der Waals surface area contributed by atoms with Crippen LogP contribution in [-0.2, 0) is 24.1 Å². The number of H-pyrrole nitrogens is 1. The summed E-state index contributed by atoms with van der Waals surface area (Å²) in [6, 6.07) is 24.5. The van der Waals surface area contributed by atoms with E-state index in [4.69, 9.17) is 9.72 Å². The van der Waals surface area contributed by atoms with Crippen molar-refractivity contribution in [2.75, 3.05) is 33.4 Å². The second kappa shape index (κ2) is 11.5. The summed E-state index contributed by atoms with van der Waals surface area (Å²) in [6.45, 7) is 4.83. The molecule has 2 N–H and O–H groups in total. The van der Waals surface area contributed by atoms with Gasteiger partial charge in [-0.15, -0.1) is 0 Å². The number of rotatable bonds is 11. The van der Waals surface area contributed by atoms with Gasteiger partial charge in [0.25, 0.3) is 0 Å². The SMILES string of the molecule is COCCN1CCC[C@@H]1Cc1c[nH]c2ccc(-n3cnc4cc(CCNCc5ccccc5)ccc43)cc12. The number of benzene rings is 3. The van der Waals surface area contributed by atoms with Gasteiger partial charge in [0.05, 0.1) is 17.6 Å². The molecule has 6 rings (SSSR count). The van der Waals surface area contributed by atoms with Gasteiger partial charge in [0.1, 0.15) is 6.33 Å². The summed E-state index contributed by atoms with van der Waals surface area (Å²) >= 11 is 0. The Morgan fingerprint density at radius 1 is 1.05 bits per heavy atom. The molecule has 5 aromatic rings. The maximum absolute atomic E-state index is 5.34. The zero-order valence-electron chi connectivity index (χ0n) is 22.2. The largest absolute Gasteiger partial charge is 0.383 e. The summed E-state index contributed by atoms with van der Waals surface area (Å²) in [5.74, 6) is 0. The van der Waals surface area contributed by atoms with Gasteiger partial charge in [-0.2, -0.15) is 0 Å². The average molecular weight is 508 g/mol. The Balaban J connectivity index is 1.16. The Morgan fingerprint density at radius 2 is 1.97 bits per heavy atom. The number of hydrogen-bond donors (Lipinski definition) is 2. The summed E-state index contributed by atoms with van der Waals surface area (Å²) in [4.78, 5) is 10.8. The average Bonchev–Trinajstić information content (AvgIpc) is 3.69. The Morgan fingerprint density at radius 3 is 2.87 bits per heavy atom. The maximum Gasteiger partial charge on any atom is 0.100 e. The van der Waals surface area contributed by atoms with Gasteiger partial charge < -0.3 is 15.0 Å². The van der Waals surface area contributed by atoms with Gasteiger partial charge in [0, 0.05) is 49.0 Å². The molecule has 0 aliphatic carbocycles. The van der Waals surface area contributed by atoms with Crippen LogP contribution in [0.15, 0.2) is 79.3 Å². The number of imidazole rings is 1. The second-order valence-corrected chi connectivity index (χ2v) is 10.4. The molecular weight excluding hydrogens is 470 g/mol. The Hall–Kier alpha value is -3.45. The van der Waals surface area contributed by atoms with E-state index < -0.39 is 0 Å². The molecule has 196 valence electrons. The van der Waals surface area contributed by atoms with Crippen LogP contribution in [-0.4, -0.2) is 58.8 Å². The van der Waals surface area contributed by atoms with Crippen molar-refractivity contribution in [2.24, 2.45) is 0 Å². The van der Waals surface area contributed by atoms with Crippen LogP contribution in [0.2, 0.25) is 0 Å². The standard InChI is InChI=1S/C32H37N5O/c1-38-17-16-36-15-5-8-27(36)19-26-22-34-30-11-10-28(20-29(26)30)37-23-35-31-18-24(9-12-32(31)37)13-14-33-21-25-6-3-2-4-7-25/h2-4,6-7,9-12,18,20,22-23,27,33-34H,5,8,13-17,19,21H2,1H3/t27-/m1/s1. The third-order valence-corrected chi connectivity index (χ3v) is 7.94. The van der Waals surface area contributed by atoms with E-state index in [0.29, 0.717) is 6.04 Å². The lowest BCUT2D eigenvalue weighted by Crippen LogP contribution is -2.33. The van der Waals surface area contributed by atoms with Crippen LogP contribution in [0, 0.1) is 0 Å². The number of aromatic amines is 1. The van der Waals surface area contributed by atoms with E-state index in [9.17, 15) is 0 Å². The summed E-state index contributed by atoms with van der Waals surface area (Å²) in [5, 5.41) is 4.86. The fourth-order valence-corrected chi connectivity index (χ4v) is 5.85. The van der Waals surface area contributed by atoms with Gasteiger partial charge in [-0.05, 0) is 85.8 Å². The van der Waals surface area contributed by atoms with E-state index in [2.05, 4.69) is 92.7 Å². The van der Waals surface area contributed by atoms with Crippen molar-refractivity contribution in [1.82, 2.24) is 24.8 Å². The zero-order valence-corrected chi connectivity index (χ0v) is 22.2. The van der Waals surface area contributed by atoms with Crippen molar-refractivity contribution in [1.29, 1.82) is 0 Å². The van der Waals surface area contributed by atoms with E-state index in [1.54, 1.807) is 7.11 Å². The van der Waals surface area contributed by atoms with Crippen LogP contribution in [0.4, 0.5) is 0 Å². The highest BCUT2D eigenvalue weighted by molar-refractivity contribution is 5.86. The molecule has 1 atom stereocenters. The fourth-order valence-electron chi connectivity index (χ4n) is 5.85. The van der Waals surface area contributed by atoms with Crippen LogP contribution >= 0.6 is 0 Å².